The SMILES string of the molecule is CC1=C[C@@H](N)[C@@H](C)C(C(O)C(O)CO)O1. The number of aliphatic hydroxyl groups excluding tert-OH is 3. The van der Waals surface area contributed by atoms with Crippen LogP contribution in [-0.2, 0) is 4.74 Å². The topological polar surface area (TPSA) is 95.9 Å². The maximum atomic E-state index is 9.73. The van der Waals surface area contributed by atoms with Crippen molar-refractivity contribution in [3.05, 3.63) is 11.8 Å². The van der Waals surface area contributed by atoms with Gasteiger partial charge in [0.2, 0.25) is 0 Å². The molecule has 5 heteroatoms. The van der Waals surface area contributed by atoms with Gasteiger partial charge in [-0.05, 0) is 13.0 Å². The number of hydrogen-bond donors (Lipinski definition) is 4. The fraction of sp³-hybridized carbons (Fsp3) is 0.800. The summed E-state index contributed by atoms with van der Waals surface area (Å²) >= 11 is 0. The van der Waals surface area contributed by atoms with Crippen LogP contribution >= 0.6 is 0 Å². The van der Waals surface area contributed by atoms with Gasteiger partial charge in [0.15, 0.2) is 0 Å². The highest BCUT2D eigenvalue weighted by Gasteiger charge is 2.36. The van der Waals surface area contributed by atoms with Crippen molar-refractivity contribution in [2.45, 2.75) is 38.2 Å². The maximum absolute atomic E-state index is 9.73. The van der Waals surface area contributed by atoms with Gasteiger partial charge in [-0.25, -0.2) is 0 Å². The van der Waals surface area contributed by atoms with Crippen LogP contribution in [0.3, 0.4) is 0 Å². The highest BCUT2D eigenvalue weighted by molar-refractivity contribution is 5.06. The Kier molecular flexibility index (Phi) is 4.10. The average molecular weight is 217 g/mol. The van der Waals surface area contributed by atoms with Crippen LogP contribution in [0.4, 0.5) is 0 Å². The van der Waals surface area contributed by atoms with E-state index in [0.29, 0.717) is 5.76 Å². The van der Waals surface area contributed by atoms with Crippen molar-refractivity contribution in [1.82, 2.24) is 0 Å². The molecule has 0 aromatic rings. The molecule has 0 aromatic heterocycles. The van der Waals surface area contributed by atoms with Gasteiger partial charge in [0.05, 0.1) is 12.4 Å². The Hall–Kier alpha value is -0.620. The zero-order valence-corrected chi connectivity index (χ0v) is 9.00. The molecule has 5 N–H and O–H groups in total. The van der Waals surface area contributed by atoms with E-state index in [-0.39, 0.29) is 12.0 Å². The third-order valence-electron chi connectivity index (χ3n) is 2.79. The molecule has 0 fully saturated rings. The van der Waals surface area contributed by atoms with E-state index >= 15 is 0 Å². The zero-order chi connectivity index (χ0) is 11.6. The number of nitrogens with two attached hydrogens (primary N) is 1. The van der Waals surface area contributed by atoms with Crippen LogP contribution in [0.25, 0.3) is 0 Å². The van der Waals surface area contributed by atoms with Gasteiger partial charge < -0.3 is 25.8 Å². The smallest absolute Gasteiger partial charge is 0.131 e. The molecule has 0 saturated carbocycles. The van der Waals surface area contributed by atoms with Gasteiger partial charge in [-0.15, -0.1) is 0 Å². The largest absolute Gasteiger partial charge is 0.492 e. The van der Waals surface area contributed by atoms with Gasteiger partial charge in [0, 0.05) is 12.0 Å². The first-order chi connectivity index (χ1) is 6.97. The Morgan fingerprint density at radius 3 is 2.67 bits per heavy atom. The monoisotopic (exact) mass is 217 g/mol. The molecule has 0 aliphatic carbocycles. The summed E-state index contributed by atoms with van der Waals surface area (Å²) in [6, 6.07) is -0.204. The zero-order valence-electron chi connectivity index (χ0n) is 9.00. The number of aliphatic hydroxyl groups is 3. The quantitative estimate of drug-likeness (QED) is 0.484. The predicted octanol–water partition coefficient (Wildman–Crippen LogP) is -1.03. The number of hydrogen-bond acceptors (Lipinski definition) is 5. The minimum absolute atomic E-state index is 0.107. The summed E-state index contributed by atoms with van der Waals surface area (Å²) < 4.78 is 5.41. The highest BCUT2D eigenvalue weighted by Crippen LogP contribution is 2.25. The van der Waals surface area contributed by atoms with Crippen LogP contribution < -0.4 is 5.73 Å². The third-order valence-corrected chi connectivity index (χ3v) is 2.79. The minimum Gasteiger partial charge on any atom is -0.492 e. The molecule has 1 rings (SSSR count). The van der Waals surface area contributed by atoms with E-state index in [4.69, 9.17) is 15.6 Å². The second-order valence-corrected chi connectivity index (χ2v) is 4.04. The number of ether oxygens (including phenoxy) is 1. The summed E-state index contributed by atoms with van der Waals surface area (Å²) in [4.78, 5) is 0. The molecule has 1 aliphatic rings. The lowest BCUT2D eigenvalue weighted by Gasteiger charge is -2.37. The Morgan fingerprint density at radius 1 is 1.53 bits per heavy atom. The first-order valence-corrected chi connectivity index (χ1v) is 5.05. The summed E-state index contributed by atoms with van der Waals surface area (Å²) in [6.07, 6.45) is -1.12. The second kappa shape index (κ2) is 4.94. The van der Waals surface area contributed by atoms with Crippen molar-refractivity contribution in [3.8, 4) is 0 Å². The molecule has 5 atom stereocenters. The van der Waals surface area contributed by atoms with Gasteiger partial charge in [-0.3, -0.25) is 0 Å². The molecule has 3 unspecified atom stereocenters. The molecule has 0 bridgehead atoms. The molecule has 1 heterocycles. The van der Waals surface area contributed by atoms with Crippen LogP contribution in [0.1, 0.15) is 13.8 Å². The van der Waals surface area contributed by atoms with Crippen molar-refractivity contribution in [2.75, 3.05) is 6.61 Å². The van der Waals surface area contributed by atoms with Gasteiger partial charge in [-0.1, -0.05) is 6.92 Å². The van der Waals surface area contributed by atoms with Crippen LogP contribution in [0.5, 0.6) is 0 Å². The molecule has 15 heavy (non-hydrogen) atoms. The lowest BCUT2D eigenvalue weighted by Crippen LogP contribution is -2.50. The van der Waals surface area contributed by atoms with Crippen LogP contribution in [0, 0.1) is 5.92 Å². The normalized spacial score (nSPS) is 35.3. The van der Waals surface area contributed by atoms with Crippen molar-refractivity contribution in [2.24, 2.45) is 11.7 Å². The third kappa shape index (κ3) is 2.69. The Balaban J connectivity index is 2.74. The first kappa shape index (κ1) is 12.4. The molecule has 0 aromatic carbocycles. The molecule has 5 nitrogen and oxygen atoms in total. The lowest BCUT2D eigenvalue weighted by atomic mass is 9.88. The molecular weight excluding hydrogens is 198 g/mol. The van der Waals surface area contributed by atoms with Crippen LogP contribution in [-0.4, -0.2) is 46.3 Å². The summed E-state index contributed by atoms with van der Waals surface area (Å²) in [5.74, 6) is 0.527. The molecule has 0 amide bonds. The summed E-state index contributed by atoms with van der Waals surface area (Å²) in [6.45, 7) is 3.09. The van der Waals surface area contributed by atoms with Gasteiger partial charge in [0.25, 0.3) is 0 Å². The van der Waals surface area contributed by atoms with Crippen LogP contribution in [0.15, 0.2) is 11.8 Å². The number of rotatable bonds is 3. The molecule has 0 spiro atoms. The molecule has 0 radical (unpaired) electrons. The Labute approximate surface area is 89.2 Å². The van der Waals surface area contributed by atoms with Gasteiger partial charge >= 0.3 is 0 Å². The van der Waals surface area contributed by atoms with E-state index in [1.54, 1.807) is 13.0 Å². The molecular formula is C10H19NO4. The predicted molar refractivity (Wildman–Crippen MR) is 54.9 cm³/mol. The number of allylic oxidation sites excluding steroid dienone is 1. The van der Waals surface area contributed by atoms with Crippen molar-refractivity contribution < 1.29 is 20.1 Å². The van der Waals surface area contributed by atoms with Crippen molar-refractivity contribution >= 4 is 0 Å². The fourth-order valence-electron chi connectivity index (χ4n) is 1.71. The van der Waals surface area contributed by atoms with E-state index in [9.17, 15) is 10.2 Å². The maximum Gasteiger partial charge on any atom is 0.131 e. The minimum atomic E-state index is -1.20. The standard InChI is InChI=1S/C10H19NO4/c1-5-3-7(11)6(2)10(15-5)9(14)8(13)4-12/h3,6-10,12-14H,4,11H2,1-2H3/t6-,7-,8?,9?,10?/m1/s1. The molecule has 1 aliphatic heterocycles. The van der Waals surface area contributed by atoms with Crippen LogP contribution in [0.2, 0.25) is 0 Å². The summed E-state index contributed by atoms with van der Waals surface area (Å²) in [5.41, 5.74) is 5.83. The average Bonchev–Trinajstić information content (AvgIpc) is 2.21. The van der Waals surface area contributed by atoms with Crippen molar-refractivity contribution in [3.63, 3.8) is 0 Å². The Bertz CT molecular complexity index is 244. The van der Waals surface area contributed by atoms with E-state index in [0.717, 1.165) is 0 Å². The van der Waals surface area contributed by atoms with E-state index in [1.165, 1.54) is 0 Å². The van der Waals surface area contributed by atoms with E-state index in [1.807, 2.05) is 6.92 Å². The Morgan fingerprint density at radius 2 is 2.13 bits per heavy atom. The van der Waals surface area contributed by atoms with Crippen molar-refractivity contribution in [1.29, 1.82) is 0 Å². The first-order valence-electron chi connectivity index (χ1n) is 5.05. The fourth-order valence-corrected chi connectivity index (χ4v) is 1.71. The summed E-state index contributed by atoms with van der Waals surface area (Å²) in [7, 11) is 0. The second-order valence-electron chi connectivity index (χ2n) is 4.04. The van der Waals surface area contributed by atoms with E-state index in [2.05, 4.69) is 0 Å². The molecule has 0 saturated heterocycles. The van der Waals surface area contributed by atoms with Gasteiger partial charge in [-0.2, -0.15) is 0 Å². The summed E-state index contributed by atoms with van der Waals surface area (Å²) in [5, 5.41) is 27.8. The highest BCUT2D eigenvalue weighted by atomic mass is 16.5. The van der Waals surface area contributed by atoms with E-state index < -0.39 is 24.9 Å². The lowest BCUT2D eigenvalue weighted by molar-refractivity contribution is -0.109. The van der Waals surface area contributed by atoms with Gasteiger partial charge in [0.1, 0.15) is 18.3 Å². The molecule has 88 valence electrons.